The molecule has 32 heavy (non-hydrogen) atoms. The minimum atomic E-state index is -0.211. The van der Waals surface area contributed by atoms with Gasteiger partial charge in [-0.1, -0.05) is 30.3 Å². The summed E-state index contributed by atoms with van der Waals surface area (Å²) in [6.07, 6.45) is 2.63. The minimum absolute atomic E-state index is 0.168. The quantitative estimate of drug-likeness (QED) is 0.645. The number of aryl methyl sites for hydroxylation is 1. The van der Waals surface area contributed by atoms with Crippen molar-refractivity contribution in [3.63, 3.8) is 0 Å². The summed E-state index contributed by atoms with van der Waals surface area (Å²) in [7, 11) is 0. The van der Waals surface area contributed by atoms with E-state index in [2.05, 4.69) is 20.7 Å². The van der Waals surface area contributed by atoms with Crippen LogP contribution >= 0.6 is 0 Å². The first-order valence-corrected chi connectivity index (χ1v) is 11.2. The van der Waals surface area contributed by atoms with E-state index in [1.807, 2.05) is 37.3 Å². The van der Waals surface area contributed by atoms with Crippen molar-refractivity contribution in [2.75, 3.05) is 39.4 Å². The molecular weight excluding hydrogens is 408 g/mol. The molecule has 0 radical (unpaired) electrons. The van der Waals surface area contributed by atoms with Crippen LogP contribution in [0.2, 0.25) is 0 Å². The Morgan fingerprint density at radius 2 is 1.91 bits per heavy atom. The lowest BCUT2D eigenvalue weighted by Gasteiger charge is -2.26. The maximum atomic E-state index is 12.7. The summed E-state index contributed by atoms with van der Waals surface area (Å²) in [4.78, 5) is 27.3. The molecule has 4 rings (SSSR count). The first-order valence-electron chi connectivity index (χ1n) is 11.2. The number of nitrogens with one attached hydrogen (secondary N) is 2. The van der Waals surface area contributed by atoms with Crippen LogP contribution in [0.15, 0.2) is 39.9 Å². The van der Waals surface area contributed by atoms with E-state index in [9.17, 15) is 9.59 Å². The number of carbonyl (C=O) groups is 2. The van der Waals surface area contributed by atoms with Crippen molar-refractivity contribution in [2.24, 2.45) is 5.10 Å². The van der Waals surface area contributed by atoms with Gasteiger partial charge in [0.1, 0.15) is 5.76 Å². The van der Waals surface area contributed by atoms with Crippen LogP contribution in [0.3, 0.4) is 0 Å². The zero-order chi connectivity index (χ0) is 22.3. The summed E-state index contributed by atoms with van der Waals surface area (Å²) in [5, 5.41) is 7.35. The van der Waals surface area contributed by atoms with Gasteiger partial charge in [0.2, 0.25) is 5.91 Å². The van der Waals surface area contributed by atoms with Gasteiger partial charge < -0.3 is 14.5 Å². The van der Waals surface area contributed by atoms with Gasteiger partial charge in [0.05, 0.1) is 25.3 Å². The smallest absolute Gasteiger partial charge is 0.287 e. The highest BCUT2D eigenvalue weighted by molar-refractivity contribution is 6.06. The monoisotopic (exact) mass is 438 g/mol. The van der Waals surface area contributed by atoms with Crippen molar-refractivity contribution in [1.29, 1.82) is 0 Å². The molecule has 0 saturated carbocycles. The Labute approximate surface area is 188 Å². The second-order valence-electron chi connectivity index (χ2n) is 8.17. The van der Waals surface area contributed by atoms with Crippen molar-refractivity contribution >= 4 is 17.5 Å². The molecule has 2 aromatic rings. The minimum Gasteiger partial charge on any atom is -0.455 e. The van der Waals surface area contributed by atoms with Crippen LogP contribution in [0, 0.1) is 6.92 Å². The van der Waals surface area contributed by atoms with Crippen LogP contribution in [-0.2, 0) is 22.4 Å². The van der Waals surface area contributed by atoms with Gasteiger partial charge in [-0.15, -0.1) is 0 Å². The maximum absolute atomic E-state index is 12.7. The Balaban J connectivity index is 1.38. The molecule has 1 fully saturated rings. The molecule has 1 saturated heterocycles. The van der Waals surface area contributed by atoms with Crippen molar-refractivity contribution in [3.8, 4) is 0 Å². The number of fused-ring (bicyclic) bond motifs is 1. The SMILES string of the molecule is Cc1c(C(=O)NCCN2CCOCC2)oc2c1/C(=N/NC(=O)Cc1ccccc1)CCC2. The lowest BCUT2D eigenvalue weighted by molar-refractivity contribution is -0.120. The molecule has 0 spiro atoms. The van der Waals surface area contributed by atoms with Crippen LogP contribution in [0.1, 0.15) is 45.8 Å². The summed E-state index contributed by atoms with van der Waals surface area (Å²) in [6, 6.07) is 9.56. The molecule has 1 aliphatic carbocycles. The predicted octanol–water partition coefficient (Wildman–Crippen LogP) is 2.05. The van der Waals surface area contributed by atoms with Gasteiger partial charge >= 0.3 is 0 Å². The van der Waals surface area contributed by atoms with E-state index in [0.717, 1.165) is 80.3 Å². The van der Waals surface area contributed by atoms with E-state index in [1.54, 1.807) is 0 Å². The number of hydrazone groups is 1. The molecule has 8 heteroatoms. The van der Waals surface area contributed by atoms with Crippen molar-refractivity contribution in [2.45, 2.75) is 32.6 Å². The fourth-order valence-electron chi connectivity index (χ4n) is 4.18. The highest BCUT2D eigenvalue weighted by Crippen LogP contribution is 2.29. The standard InChI is InChI=1S/C24H30N4O4/c1-17-22-19(26-27-21(29)16-18-6-3-2-4-7-18)8-5-9-20(22)32-23(17)24(30)25-10-11-28-12-14-31-15-13-28/h2-4,6-7H,5,8-16H2,1H3,(H,25,30)(H,27,29)/b26-19+. The molecule has 2 heterocycles. The largest absolute Gasteiger partial charge is 0.455 e. The van der Waals surface area contributed by atoms with Crippen molar-refractivity contribution in [1.82, 2.24) is 15.6 Å². The van der Waals surface area contributed by atoms with Gasteiger partial charge in [0.15, 0.2) is 5.76 Å². The predicted molar refractivity (Wildman–Crippen MR) is 121 cm³/mol. The lowest BCUT2D eigenvalue weighted by atomic mass is 9.93. The molecular formula is C24H30N4O4. The van der Waals surface area contributed by atoms with Crippen LogP contribution in [-0.4, -0.2) is 61.8 Å². The number of ether oxygens (including phenoxy) is 1. The molecule has 1 aromatic carbocycles. The molecule has 0 atom stereocenters. The summed E-state index contributed by atoms with van der Waals surface area (Å²) >= 11 is 0. The summed E-state index contributed by atoms with van der Waals surface area (Å²) in [5.41, 5.74) is 6.00. The van der Waals surface area contributed by atoms with Crippen LogP contribution < -0.4 is 10.7 Å². The van der Waals surface area contributed by atoms with E-state index in [4.69, 9.17) is 9.15 Å². The Morgan fingerprint density at radius 3 is 2.69 bits per heavy atom. The number of hydrogen-bond acceptors (Lipinski definition) is 6. The van der Waals surface area contributed by atoms with Gasteiger partial charge in [-0.2, -0.15) is 5.10 Å². The van der Waals surface area contributed by atoms with Crippen LogP contribution in [0.4, 0.5) is 0 Å². The van der Waals surface area contributed by atoms with Gasteiger partial charge in [0, 0.05) is 43.7 Å². The molecule has 2 amide bonds. The van der Waals surface area contributed by atoms with E-state index >= 15 is 0 Å². The Hall–Kier alpha value is -2.97. The molecule has 170 valence electrons. The first kappa shape index (κ1) is 22.2. The average molecular weight is 439 g/mol. The van der Waals surface area contributed by atoms with Gasteiger partial charge in [0.25, 0.3) is 5.91 Å². The summed E-state index contributed by atoms with van der Waals surface area (Å²) < 4.78 is 11.3. The number of rotatable bonds is 7. The number of hydrogen-bond donors (Lipinski definition) is 2. The third kappa shape index (κ3) is 5.44. The van der Waals surface area contributed by atoms with Crippen molar-refractivity contribution in [3.05, 3.63) is 58.5 Å². The van der Waals surface area contributed by atoms with Gasteiger partial charge in [-0.3, -0.25) is 14.5 Å². The highest BCUT2D eigenvalue weighted by Gasteiger charge is 2.28. The second-order valence-corrected chi connectivity index (χ2v) is 8.17. The van der Waals surface area contributed by atoms with Crippen LogP contribution in [0.25, 0.3) is 0 Å². The van der Waals surface area contributed by atoms with Crippen LogP contribution in [0.5, 0.6) is 0 Å². The third-order valence-corrected chi connectivity index (χ3v) is 5.87. The molecule has 1 aromatic heterocycles. The number of benzene rings is 1. The van der Waals surface area contributed by atoms with Gasteiger partial charge in [-0.25, -0.2) is 5.43 Å². The summed E-state index contributed by atoms with van der Waals surface area (Å²) in [5.74, 6) is 0.723. The van der Waals surface area contributed by atoms with E-state index in [-0.39, 0.29) is 18.2 Å². The average Bonchev–Trinajstić information content (AvgIpc) is 3.16. The first-order chi connectivity index (χ1) is 15.6. The summed E-state index contributed by atoms with van der Waals surface area (Å²) in [6.45, 7) is 6.48. The molecule has 0 unspecified atom stereocenters. The third-order valence-electron chi connectivity index (χ3n) is 5.87. The fourth-order valence-corrected chi connectivity index (χ4v) is 4.18. The van der Waals surface area contributed by atoms with E-state index in [1.165, 1.54) is 0 Å². The molecule has 2 N–H and O–H groups in total. The Bertz CT molecular complexity index is 977. The lowest BCUT2D eigenvalue weighted by Crippen LogP contribution is -2.41. The number of morpholine rings is 1. The number of amides is 2. The zero-order valence-corrected chi connectivity index (χ0v) is 18.5. The second kappa shape index (κ2) is 10.6. The normalized spacial score (nSPS) is 17.7. The number of nitrogens with zero attached hydrogens (tertiary/aromatic N) is 2. The van der Waals surface area contributed by atoms with E-state index in [0.29, 0.717) is 12.3 Å². The topological polar surface area (TPSA) is 96.2 Å². The highest BCUT2D eigenvalue weighted by atomic mass is 16.5. The zero-order valence-electron chi connectivity index (χ0n) is 18.5. The van der Waals surface area contributed by atoms with Gasteiger partial charge in [-0.05, 0) is 25.3 Å². The number of carbonyl (C=O) groups excluding carboxylic acids is 2. The maximum Gasteiger partial charge on any atom is 0.287 e. The molecule has 1 aliphatic heterocycles. The fraction of sp³-hybridized carbons (Fsp3) is 0.458. The van der Waals surface area contributed by atoms with E-state index < -0.39 is 0 Å². The Kier molecular flexibility index (Phi) is 7.34. The molecule has 0 bridgehead atoms. The Morgan fingerprint density at radius 1 is 1.12 bits per heavy atom. The molecule has 2 aliphatic rings. The number of furan rings is 1. The molecule has 8 nitrogen and oxygen atoms in total. The van der Waals surface area contributed by atoms with Crippen molar-refractivity contribution < 1.29 is 18.7 Å².